The van der Waals surface area contributed by atoms with Crippen LogP contribution in [-0.2, 0) is 9.30 Å². The van der Waals surface area contributed by atoms with E-state index in [-0.39, 0.29) is 16.4 Å². The SMILES string of the molecule is O=P(O)(O)O.O=c1[nH]c(Cl)nc2c1ncn2[C@@H]1O[C@H](CO)[C@@H](O)[C@H]1O. The minimum Gasteiger partial charge on any atom is -0.394 e. The molecule has 0 unspecified atom stereocenters. The molecule has 4 atom stereocenters. The smallest absolute Gasteiger partial charge is 0.394 e. The van der Waals surface area contributed by atoms with Crippen LogP contribution < -0.4 is 5.56 Å². The molecule has 140 valence electrons. The first kappa shape index (κ1) is 19.9. The van der Waals surface area contributed by atoms with Crippen molar-refractivity contribution < 1.29 is 39.3 Å². The molecular formula is C10H14ClN4O9P. The van der Waals surface area contributed by atoms with Gasteiger partial charge in [0.25, 0.3) is 5.56 Å². The first-order chi connectivity index (χ1) is 11.5. The number of aliphatic hydroxyl groups excluding tert-OH is 3. The average Bonchev–Trinajstić information content (AvgIpc) is 3.00. The van der Waals surface area contributed by atoms with Crippen LogP contribution in [0, 0.1) is 0 Å². The number of fused-ring (bicyclic) bond motifs is 1. The van der Waals surface area contributed by atoms with Gasteiger partial charge in [-0.05, 0) is 11.6 Å². The van der Waals surface area contributed by atoms with Gasteiger partial charge < -0.3 is 34.7 Å². The van der Waals surface area contributed by atoms with Crippen molar-refractivity contribution in [2.75, 3.05) is 6.61 Å². The van der Waals surface area contributed by atoms with E-state index in [1.165, 1.54) is 10.9 Å². The third kappa shape index (κ3) is 4.61. The summed E-state index contributed by atoms with van der Waals surface area (Å²) >= 11 is 5.68. The quantitative estimate of drug-likeness (QED) is 0.206. The predicted molar refractivity (Wildman–Crippen MR) is 80.4 cm³/mol. The second kappa shape index (κ2) is 7.45. The average molecular weight is 401 g/mol. The van der Waals surface area contributed by atoms with Crippen LogP contribution in [0.1, 0.15) is 6.23 Å². The summed E-state index contributed by atoms with van der Waals surface area (Å²) in [4.78, 5) is 43.3. The number of aromatic amines is 1. The second-order valence-corrected chi connectivity index (χ2v) is 6.31. The number of aromatic nitrogens is 4. The summed E-state index contributed by atoms with van der Waals surface area (Å²) in [5.41, 5.74) is -0.369. The fraction of sp³-hybridized carbons (Fsp3) is 0.500. The number of H-pyrrole nitrogens is 1. The van der Waals surface area contributed by atoms with Gasteiger partial charge in [-0.25, -0.2) is 9.55 Å². The Morgan fingerprint density at radius 3 is 2.44 bits per heavy atom. The maximum atomic E-state index is 11.6. The van der Waals surface area contributed by atoms with E-state index in [0.29, 0.717) is 0 Å². The monoisotopic (exact) mass is 400 g/mol. The zero-order valence-electron chi connectivity index (χ0n) is 12.2. The predicted octanol–water partition coefficient (Wildman–Crippen LogP) is -2.54. The highest BCUT2D eigenvalue weighted by Crippen LogP contribution is 2.30. The Labute approximate surface area is 143 Å². The number of aliphatic hydroxyl groups is 3. The van der Waals surface area contributed by atoms with Crippen LogP contribution in [0.25, 0.3) is 11.2 Å². The third-order valence-electron chi connectivity index (χ3n) is 3.19. The minimum atomic E-state index is -4.64. The van der Waals surface area contributed by atoms with Crippen molar-refractivity contribution >= 4 is 30.6 Å². The number of imidazole rings is 1. The molecule has 15 heteroatoms. The standard InChI is InChI=1S/C10H11ClN4O5.H3O4P/c11-10-13-7-4(8(19)14-10)12-2-15(7)9-6(18)5(17)3(1-16)20-9;1-5(2,3)4/h2-3,5-6,9,16-18H,1H2,(H,13,14,19);(H3,1,2,3,4)/t3-,5-,6-,9-;/m1./s1. The fourth-order valence-corrected chi connectivity index (χ4v) is 2.36. The van der Waals surface area contributed by atoms with Gasteiger partial charge in [-0.15, -0.1) is 0 Å². The molecule has 3 heterocycles. The van der Waals surface area contributed by atoms with Gasteiger partial charge in [-0.2, -0.15) is 4.98 Å². The maximum absolute atomic E-state index is 11.6. The van der Waals surface area contributed by atoms with Gasteiger partial charge in [0.15, 0.2) is 17.4 Å². The molecule has 2 aromatic heterocycles. The van der Waals surface area contributed by atoms with Gasteiger partial charge in [0.1, 0.15) is 18.3 Å². The largest absolute Gasteiger partial charge is 0.466 e. The van der Waals surface area contributed by atoms with Crippen LogP contribution in [0.2, 0.25) is 5.28 Å². The third-order valence-corrected chi connectivity index (χ3v) is 3.37. The Morgan fingerprint density at radius 2 is 1.92 bits per heavy atom. The van der Waals surface area contributed by atoms with Gasteiger partial charge in [-0.3, -0.25) is 14.3 Å². The van der Waals surface area contributed by atoms with Crippen molar-refractivity contribution in [3.63, 3.8) is 0 Å². The summed E-state index contributed by atoms with van der Waals surface area (Å²) < 4.78 is 15.5. The van der Waals surface area contributed by atoms with E-state index in [1.54, 1.807) is 0 Å². The summed E-state index contributed by atoms with van der Waals surface area (Å²) in [6.07, 6.45) is -3.23. The molecule has 7 N–H and O–H groups in total. The van der Waals surface area contributed by atoms with Gasteiger partial charge in [0.2, 0.25) is 5.28 Å². The van der Waals surface area contributed by atoms with E-state index in [9.17, 15) is 15.0 Å². The molecule has 0 amide bonds. The molecule has 1 saturated heterocycles. The Morgan fingerprint density at radius 1 is 1.32 bits per heavy atom. The van der Waals surface area contributed by atoms with E-state index >= 15 is 0 Å². The van der Waals surface area contributed by atoms with Crippen LogP contribution in [0.15, 0.2) is 11.1 Å². The van der Waals surface area contributed by atoms with E-state index in [4.69, 9.17) is 40.7 Å². The number of hydrogen-bond donors (Lipinski definition) is 7. The molecule has 0 saturated carbocycles. The van der Waals surface area contributed by atoms with Crippen molar-refractivity contribution in [2.45, 2.75) is 24.5 Å². The molecule has 2 aromatic rings. The molecule has 0 radical (unpaired) electrons. The number of rotatable bonds is 2. The molecule has 1 aliphatic rings. The van der Waals surface area contributed by atoms with Crippen molar-refractivity contribution in [1.29, 1.82) is 0 Å². The Bertz CT molecular complexity index is 842. The van der Waals surface area contributed by atoms with E-state index in [0.717, 1.165) is 0 Å². The molecular weight excluding hydrogens is 387 g/mol. The lowest BCUT2D eigenvalue weighted by Gasteiger charge is -2.16. The van der Waals surface area contributed by atoms with Crippen LogP contribution in [0.4, 0.5) is 0 Å². The van der Waals surface area contributed by atoms with Gasteiger partial charge in [0, 0.05) is 0 Å². The molecule has 13 nitrogen and oxygen atoms in total. The van der Waals surface area contributed by atoms with Gasteiger partial charge in [-0.1, -0.05) is 0 Å². The number of nitrogens with zero attached hydrogens (tertiary/aromatic N) is 3. The number of phosphoric acid groups is 1. The maximum Gasteiger partial charge on any atom is 0.466 e. The van der Waals surface area contributed by atoms with Crippen LogP contribution in [0.5, 0.6) is 0 Å². The summed E-state index contributed by atoms with van der Waals surface area (Å²) in [6.45, 7) is -0.448. The zero-order chi connectivity index (χ0) is 18.9. The van der Waals surface area contributed by atoms with E-state index < -0.39 is 44.5 Å². The second-order valence-electron chi connectivity index (χ2n) is 4.92. The normalized spacial score (nSPS) is 26.5. The van der Waals surface area contributed by atoms with Crippen molar-refractivity contribution in [3.05, 3.63) is 22.0 Å². The Kier molecular flexibility index (Phi) is 5.93. The lowest BCUT2D eigenvalue weighted by Crippen LogP contribution is -2.33. The number of ether oxygens (including phenoxy) is 1. The first-order valence-corrected chi connectivity index (χ1v) is 8.50. The lowest BCUT2D eigenvalue weighted by atomic mass is 10.1. The Hall–Kier alpha value is -1.41. The van der Waals surface area contributed by atoms with Crippen molar-refractivity contribution in [3.8, 4) is 0 Å². The van der Waals surface area contributed by atoms with E-state index in [2.05, 4.69) is 15.0 Å². The number of nitrogens with one attached hydrogen (secondary N) is 1. The molecule has 1 aliphatic heterocycles. The molecule has 1 fully saturated rings. The van der Waals surface area contributed by atoms with Crippen LogP contribution >= 0.6 is 19.4 Å². The van der Waals surface area contributed by atoms with E-state index in [1.807, 2.05) is 0 Å². The number of halogens is 1. The number of hydrogen-bond acceptors (Lipinski definition) is 8. The van der Waals surface area contributed by atoms with Crippen molar-refractivity contribution in [1.82, 2.24) is 19.5 Å². The topological polar surface area (TPSA) is 211 Å². The molecule has 0 bridgehead atoms. The lowest BCUT2D eigenvalue weighted by molar-refractivity contribution is -0.0511. The first-order valence-electron chi connectivity index (χ1n) is 6.56. The molecule has 3 rings (SSSR count). The fourth-order valence-electron chi connectivity index (χ4n) is 2.20. The summed E-state index contributed by atoms with van der Waals surface area (Å²) in [5.74, 6) is 0. The molecule has 0 spiro atoms. The van der Waals surface area contributed by atoms with Crippen LogP contribution in [-0.4, -0.2) is 74.4 Å². The molecule has 0 aromatic carbocycles. The molecule has 25 heavy (non-hydrogen) atoms. The zero-order valence-corrected chi connectivity index (χ0v) is 13.8. The van der Waals surface area contributed by atoms with Crippen molar-refractivity contribution in [2.24, 2.45) is 0 Å². The minimum absolute atomic E-state index is 0.0344. The highest BCUT2D eigenvalue weighted by Gasteiger charge is 2.44. The van der Waals surface area contributed by atoms with Gasteiger partial charge in [0.05, 0.1) is 12.9 Å². The highest BCUT2D eigenvalue weighted by atomic mass is 35.5. The highest BCUT2D eigenvalue weighted by molar-refractivity contribution is 7.45. The van der Waals surface area contributed by atoms with Gasteiger partial charge >= 0.3 is 7.82 Å². The summed E-state index contributed by atoms with van der Waals surface area (Å²) in [6, 6.07) is 0. The Balaban J connectivity index is 0.000000399. The van der Waals surface area contributed by atoms with Crippen LogP contribution in [0.3, 0.4) is 0 Å². The summed E-state index contributed by atoms with van der Waals surface area (Å²) in [5, 5.41) is 28.6. The summed E-state index contributed by atoms with van der Waals surface area (Å²) in [7, 11) is -4.64. The molecule has 0 aliphatic carbocycles.